The van der Waals surface area contributed by atoms with Crippen LogP contribution in [0.25, 0.3) is 10.9 Å². The van der Waals surface area contributed by atoms with Gasteiger partial charge >= 0.3 is 0 Å². The van der Waals surface area contributed by atoms with Crippen LogP contribution in [-0.4, -0.2) is 19.5 Å². The van der Waals surface area contributed by atoms with Crippen molar-refractivity contribution in [2.45, 2.75) is 23.6 Å². The van der Waals surface area contributed by atoms with Gasteiger partial charge in [0.1, 0.15) is 5.75 Å². The van der Waals surface area contributed by atoms with Crippen molar-refractivity contribution in [1.29, 1.82) is 0 Å². The molecule has 0 unspecified atom stereocenters. The van der Waals surface area contributed by atoms with Gasteiger partial charge in [-0.3, -0.25) is 0 Å². The maximum absolute atomic E-state index is 12.9. The highest BCUT2D eigenvalue weighted by Gasteiger charge is 2.21. The molecule has 0 amide bonds. The molecule has 2 aromatic carbocycles. The highest BCUT2D eigenvalue weighted by atomic mass is 32.2. The van der Waals surface area contributed by atoms with E-state index in [1.165, 1.54) is 3.97 Å². The first-order valence-electron chi connectivity index (χ1n) is 7.06. The van der Waals surface area contributed by atoms with E-state index < -0.39 is 10.0 Å². The highest BCUT2D eigenvalue weighted by Crippen LogP contribution is 2.35. The summed E-state index contributed by atoms with van der Waals surface area (Å²) in [5.74, 6) is 0.629. The minimum atomic E-state index is -3.66. The fourth-order valence-electron chi connectivity index (χ4n) is 2.64. The van der Waals surface area contributed by atoms with Gasteiger partial charge in [0.25, 0.3) is 10.0 Å². The van der Waals surface area contributed by atoms with Gasteiger partial charge in [0.2, 0.25) is 0 Å². The topological polar surface area (TPSA) is 48.3 Å². The van der Waals surface area contributed by atoms with E-state index in [0.29, 0.717) is 16.2 Å². The average Bonchev–Trinajstić information content (AvgIpc) is 2.98. The summed E-state index contributed by atoms with van der Waals surface area (Å²) in [6, 6.07) is 10.4. The molecule has 0 spiro atoms. The van der Waals surface area contributed by atoms with Crippen LogP contribution in [0, 0.1) is 13.8 Å². The number of aromatic nitrogens is 1. The van der Waals surface area contributed by atoms with Crippen molar-refractivity contribution in [2.75, 3.05) is 7.11 Å². The standard InChI is InChI=1S/C17H17NO3S2/c1-11-4-6-13(7-5-11)23(19,20)18-9-8-14-16(18)12(2)10-15(21-3)17(14)22/h4-10,22H,1-3H3. The van der Waals surface area contributed by atoms with Gasteiger partial charge in [-0.15, -0.1) is 12.6 Å². The number of fused-ring (bicyclic) bond motifs is 1. The zero-order chi connectivity index (χ0) is 16.8. The zero-order valence-corrected chi connectivity index (χ0v) is 14.8. The summed E-state index contributed by atoms with van der Waals surface area (Å²) in [5.41, 5.74) is 2.45. The average molecular weight is 347 g/mol. The van der Waals surface area contributed by atoms with E-state index in [0.717, 1.165) is 16.5 Å². The number of aryl methyl sites for hydroxylation is 2. The Labute approximate surface area is 141 Å². The molecule has 0 saturated heterocycles. The lowest BCUT2D eigenvalue weighted by atomic mass is 10.1. The molecule has 1 aromatic heterocycles. The van der Waals surface area contributed by atoms with E-state index in [2.05, 4.69) is 12.6 Å². The Morgan fingerprint density at radius 2 is 1.74 bits per heavy atom. The van der Waals surface area contributed by atoms with E-state index in [4.69, 9.17) is 4.74 Å². The van der Waals surface area contributed by atoms with E-state index in [1.54, 1.807) is 49.7 Å². The first kappa shape index (κ1) is 16.0. The second-order valence-corrected chi connectivity index (χ2v) is 7.70. The van der Waals surface area contributed by atoms with E-state index in [-0.39, 0.29) is 4.90 Å². The summed E-state index contributed by atoms with van der Waals surface area (Å²) in [6.45, 7) is 3.78. The van der Waals surface area contributed by atoms with Gasteiger partial charge < -0.3 is 4.74 Å². The van der Waals surface area contributed by atoms with Crippen LogP contribution >= 0.6 is 12.6 Å². The van der Waals surface area contributed by atoms with Crippen molar-refractivity contribution in [3.05, 3.63) is 53.7 Å². The van der Waals surface area contributed by atoms with Crippen molar-refractivity contribution >= 4 is 33.6 Å². The lowest BCUT2D eigenvalue weighted by Gasteiger charge is -2.12. The number of nitrogens with zero attached hydrogens (tertiary/aromatic N) is 1. The molecule has 6 heteroatoms. The van der Waals surface area contributed by atoms with Gasteiger partial charge in [-0.2, -0.15) is 0 Å². The summed E-state index contributed by atoms with van der Waals surface area (Å²) < 4.78 is 32.5. The van der Waals surface area contributed by atoms with Gasteiger partial charge in [-0.25, -0.2) is 12.4 Å². The smallest absolute Gasteiger partial charge is 0.268 e. The molecule has 1 heterocycles. The van der Waals surface area contributed by atoms with Crippen LogP contribution in [0.5, 0.6) is 5.75 Å². The molecule has 0 N–H and O–H groups in total. The number of benzene rings is 2. The lowest BCUT2D eigenvalue weighted by Crippen LogP contribution is -2.12. The molecule has 120 valence electrons. The minimum absolute atomic E-state index is 0.261. The molecular formula is C17H17NO3S2. The van der Waals surface area contributed by atoms with Crippen molar-refractivity contribution < 1.29 is 13.2 Å². The summed E-state index contributed by atoms with van der Waals surface area (Å²) in [5, 5.41) is 0.751. The molecule has 0 fully saturated rings. The second-order valence-electron chi connectivity index (χ2n) is 5.44. The molecule has 0 saturated carbocycles. The largest absolute Gasteiger partial charge is 0.496 e. The van der Waals surface area contributed by atoms with E-state index >= 15 is 0 Å². The fraction of sp³-hybridized carbons (Fsp3) is 0.176. The molecule has 4 nitrogen and oxygen atoms in total. The lowest BCUT2D eigenvalue weighted by molar-refractivity contribution is 0.406. The van der Waals surface area contributed by atoms with Crippen LogP contribution in [0.3, 0.4) is 0 Å². The first-order chi connectivity index (χ1) is 10.9. The molecule has 0 atom stereocenters. The Balaban J connectivity index is 2.29. The van der Waals surface area contributed by atoms with Crippen molar-refractivity contribution in [1.82, 2.24) is 3.97 Å². The number of methoxy groups -OCH3 is 1. The molecule has 3 rings (SSSR count). The van der Waals surface area contributed by atoms with Gasteiger partial charge in [0, 0.05) is 11.6 Å². The van der Waals surface area contributed by atoms with Crippen molar-refractivity contribution in [3.8, 4) is 5.75 Å². The molecule has 0 aliphatic heterocycles. The summed E-state index contributed by atoms with van der Waals surface area (Å²) >= 11 is 4.47. The van der Waals surface area contributed by atoms with Gasteiger partial charge in [-0.05, 0) is 43.7 Å². The normalized spacial score (nSPS) is 11.8. The van der Waals surface area contributed by atoms with Gasteiger partial charge in [-0.1, -0.05) is 17.7 Å². The highest BCUT2D eigenvalue weighted by molar-refractivity contribution is 7.90. The Morgan fingerprint density at radius 3 is 2.35 bits per heavy atom. The van der Waals surface area contributed by atoms with Crippen LogP contribution in [0.1, 0.15) is 11.1 Å². The number of thiol groups is 1. The summed E-state index contributed by atoms with van der Waals surface area (Å²) in [7, 11) is -2.09. The molecule has 0 aliphatic carbocycles. The zero-order valence-electron chi connectivity index (χ0n) is 13.1. The second kappa shape index (κ2) is 5.62. The Kier molecular flexibility index (Phi) is 3.90. The first-order valence-corrected chi connectivity index (χ1v) is 8.95. The number of hydrogen-bond acceptors (Lipinski definition) is 4. The van der Waals surface area contributed by atoms with Crippen LogP contribution in [0.15, 0.2) is 52.4 Å². The van der Waals surface area contributed by atoms with Crippen LogP contribution in [0.2, 0.25) is 0 Å². The molecule has 23 heavy (non-hydrogen) atoms. The van der Waals surface area contributed by atoms with Gasteiger partial charge in [0.05, 0.1) is 22.4 Å². The SMILES string of the molecule is COc1cc(C)c2c(ccn2S(=O)(=O)c2ccc(C)cc2)c1S. The third-order valence-electron chi connectivity index (χ3n) is 3.86. The molecule has 0 bridgehead atoms. The third-order valence-corrected chi connectivity index (χ3v) is 6.01. The molecule has 3 aromatic rings. The van der Waals surface area contributed by atoms with Crippen LogP contribution < -0.4 is 4.74 Å². The number of rotatable bonds is 3. The van der Waals surface area contributed by atoms with Crippen molar-refractivity contribution in [2.24, 2.45) is 0 Å². The Bertz CT molecular complexity index is 987. The quantitative estimate of drug-likeness (QED) is 0.733. The minimum Gasteiger partial charge on any atom is -0.496 e. The molecule has 0 aliphatic rings. The fourth-order valence-corrected chi connectivity index (χ4v) is 4.38. The van der Waals surface area contributed by atoms with Crippen LogP contribution in [0.4, 0.5) is 0 Å². The molecular weight excluding hydrogens is 330 g/mol. The van der Waals surface area contributed by atoms with Crippen LogP contribution in [-0.2, 0) is 10.0 Å². The summed E-state index contributed by atoms with van der Waals surface area (Å²) in [4.78, 5) is 0.891. The maximum atomic E-state index is 12.9. The third kappa shape index (κ3) is 2.52. The Morgan fingerprint density at radius 1 is 1.09 bits per heavy atom. The molecule has 0 radical (unpaired) electrons. The van der Waals surface area contributed by atoms with E-state index in [9.17, 15) is 8.42 Å². The maximum Gasteiger partial charge on any atom is 0.268 e. The van der Waals surface area contributed by atoms with Gasteiger partial charge in [0.15, 0.2) is 0 Å². The summed E-state index contributed by atoms with van der Waals surface area (Å²) in [6.07, 6.45) is 1.56. The van der Waals surface area contributed by atoms with E-state index in [1.807, 2.05) is 13.8 Å². The Hall–Kier alpha value is -1.92. The van der Waals surface area contributed by atoms with Crippen molar-refractivity contribution in [3.63, 3.8) is 0 Å². The predicted molar refractivity (Wildman–Crippen MR) is 94.2 cm³/mol. The monoisotopic (exact) mass is 347 g/mol. The number of ether oxygens (including phenoxy) is 1. The predicted octanol–water partition coefficient (Wildman–Crippen LogP) is 3.79. The number of hydrogen-bond donors (Lipinski definition) is 1.